The lowest BCUT2D eigenvalue weighted by atomic mass is 9.97. The molecule has 0 aromatic heterocycles. The summed E-state index contributed by atoms with van der Waals surface area (Å²) in [7, 11) is 0. The Morgan fingerprint density at radius 2 is 2.00 bits per heavy atom. The van der Waals surface area contributed by atoms with Crippen LogP contribution in [0.2, 0.25) is 5.02 Å². The zero-order valence-electron chi connectivity index (χ0n) is 10.3. The highest BCUT2D eigenvalue weighted by Gasteiger charge is 2.14. The van der Waals surface area contributed by atoms with Crippen molar-refractivity contribution < 1.29 is 9.50 Å². The van der Waals surface area contributed by atoms with Crippen molar-refractivity contribution in [3.8, 4) is 0 Å². The highest BCUT2D eigenvalue weighted by atomic mass is 79.9. The third-order valence-corrected chi connectivity index (χ3v) is 3.76. The van der Waals surface area contributed by atoms with Gasteiger partial charge in [-0.25, -0.2) is 4.39 Å². The first-order valence-electron chi connectivity index (χ1n) is 5.85. The summed E-state index contributed by atoms with van der Waals surface area (Å²) in [6.07, 6.45) is -0.547. The Bertz CT molecular complexity index is 601. The Hall–Kier alpha value is -0.900. The van der Waals surface area contributed by atoms with Gasteiger partial charge in [-0.15, -0.1) is 0 Å². The Labute approximate surface area is 125 Å². The van der Waals surface area contributed by atoms with Crippen LogP contribution in [-0.4, -0.2) is 5.11 Å². The molecule has 1 atom stereocenters. The van der Waals surface area contributed by atoms with Gasteiger partial charge in [-0.1, -0.05) is 39.7 Å². The molecule has 0 bridgehead atoms. The minimum Gasteiger partial charge on any atom is -0.388 e. The van der Waals surface area contributed by atoms with Crippen LogP contribution in [0.1, 0.15) is 22.8 Å². The number of halogens is 3. The van der Waals surface area contributed by atoms with E-state index in [4.69, 9.17) is 11.6 Å². The number of benzene rings is 2. The largest absolute Gasteiger partial charge is 0.388 e. The maximum atomic E-state index is 13.7. The van der Waals surface area contributed by atoms with Crippen LogP contribution < -0.4 is 0 Å². The van der Waals surface area contributed by atoms with Gasteiger partial charge < -0.3 is 5.11 Å². The van der Waals surface area contributed by atoms with Crippen LogP contribution in [0, 0.1) is 12.7 Å². The first kappa shape index (κ1) is 14.5. The number of aryl methyl sites for hydroxylation is 1. The first-order chi connectivity index (χ1) is 8.97. The highest BCUT2D eigenvalue weighted by Crippen LogP contribution is 2.26. The molecule has 0 saturated heterocycles. The molecule has 19 heavy (non-hydrogen) atoms. The monoisotopic (exact) mass is 342 g/mol. The van der Waals surface area contributed by atoms with Crippen LogP contribution in [0.3, 0.4) is 0 Å². The van der Waals surface area contributed by atoms with Gasteiger partial charge in [0.15, 0.2) is 0 Å². The van der Waals surface area contributed by atoms with E-state index in [1.54, 1.807) is 24.3 Å². The molecule has 0 aliphatic carbocycles. The fourth-order valence-corrected chi connectivity index (χ4v) is 2.49. The zero-order chi connectivity index (χ0) is 14.0. The van der Waals surface area contributed by atoms with E-state index in [9.17, 15) is 9.50 Å². The van der Waals surface area contributed by atoms with Crippen molar-refractivity contribution in [2.45, 2.75) is 19.4 Å². The Kier molecular flexibility index (Phi) is 4.61. The predicted molar refractivity (Wildman–Crippen MR) is 79.0 cm³/mol. The summed E-state index contributed by atoms with van der Waals surface area (Å²) in [5.41, 5.74) is 2.15. The SMILES string of the molecule is Cc1ccc(Cl)cc1C(O)Cc1ccc(Br)cc1F. The maximum Gasteiger partial charge on any atom is 0.127 e. The van der Waals surface area contributed by atoms with E-state index < -0.39 is 6.10 Å². The number of rotatable bonds is 3. The van der Waals surface area contributed by atoms with E-state index in [2.05, 4.69) is 15.9 Å². The van der Waals surface area contributed by atoms with Gasteiger partial charge in [0.05, 0.1) is 6.10 Å². The highest BCUT2D eigenvalue weighted by molar-refractivity contribution is 9.10. The predicted octanol–water partition coefficient (Wildman–Crippen LogP) is 4.83. The van der Waals surface area contributed by atoms with Gasteiger partial charge in [0.2, 0.25) is 0 Å². The molecule has 2 rings (SSSR count). The molecule has 0 aliphatic heterocycles. The number of hydrogen-bond donors (Lipinski definition) is 1. The van der Waals surface area contributed by atoms with E-state index >= 15 is 0 Å². The molecule has 0 heterocycles. The van der Waals surface area contributed by atoms with Gasteiger partial charge >= 0.3 is 0 Å². The van der Waals surface area contributed by atoms with Crippen molar-refractivity contribution in [3.05, 3.63) is 68.4 Å². The average Bonchev–Trinajstić information content (AvgIpc) is 2.35. The van der Waals surface area contributed by atoms with Crippen LogP contribution in [0.5, 0.6) is 0 Å². The summed E-state index contributed by atoms with van der Waals surface area (Å²) in [5, 5.41) is 10.8. The van der Waals surface area contributed by atoms with Crippen molar-refractivity contribution in [1.29, 1.82) is 0 Å². The smallest absolute Gasteiger partial charge is 0.127 e. The minimum absolute atomic E-state index is 0.223. The molecule has 2 aromatic rings. The lowest BCUT2D eigenvalue weighted by Gasteiger charge is -2.15. The zero-order valence-corrected chi connectivity index (χ0v) is 12.7. The quantitative estimate of drug-likeness (QED) is 0.846. The molecule has 0 amide bonds. The van der Waals surface area contributed by atoms with Gasteiger partial charge in [-0.05, 0) is 47.9 Å². The molecule has 1 unspecified atom stereocenters. The topological polar surface area (TPSA) is 20.2 Å². The van der Waals surface area contributed by atoms with E-state index in [0.717, 1.165) is 11.1 Å². The lowest BCUT2D eigenvalue weighted by molar-refractivity contribution is 0.176. The van der Waals surface area contributed by atoms with Crippen LogP contribution >= 0.6 is 27.5 Å². The first-order valence-corrected chi connectivity index (χ1v) is 7.02. The summed E-state index contributed by atoms with van der Waals surface area (Å²) >= 11 is 9.13. The van der Waals surface area contributed by atoms with Crippen molar-refractivity contribution in [3.63, 3.8) is 0 Å². The summed E-state index contributed by atoms with van der Waals surface area (Å²) in [6.45, 7) is 1.90. The molecule has 0 aliphatic rings. The van der Waals surface area contributed by atoms with E-state index in [0.29, 0.717) is 15.1 Å². The normalized spacial score (nSPS) is 12.5. The third-order valence-electron chi connectivity index (χ3n) is 3.03. The Morgan fingerprint density at radius 3 is 2.68 bits per heavy atom. The van der Waals surface area contributed by atoms with Gasteiger partial charge in [0.25, 0.3) is 0 Å². The molecule has 1 N–H and O–H groups in total. The Morgan fingerprint density at radius 1 is 1.26 bits per heavy atom. The molecule has 4 heteroatoms. The van der Waals surface area contributed by atoms with Gasteiger partial charge in [-0.2, -0.15) is 0 Å². The van der Waals surface area contributed by atoms with Crippen LogP contribution in [-0.2, 0) is 6.42 Å². The van der Waals surface area contributed by atoms with Crippen molar-refractivity contribution in [2.75, 3.05) is 0 Å². The summed E-state index contributed by atoms with van der Waals surface area (Å²) in [5.74, 6) is -0.326. The van der Waals surface area contributed by atoms with Gasteiger partial charge in [-0.3, -0.25) is 0 Å². The van der Waals surface area contributed by atoms with Crippen molar-refractivity contribution >= 4 is 27.5 Å². The van der Waals surface area contributed by atoms with Crippen LogP contribution in [0.15, 0.2) is 40.9 Å². The summed E-state index contributed by atoms with van der Waals surface area (Å²) < 4.78 is 14.4. The minimum atomic E-state index is -0.769. The molecular formula is C15H13BrClFO. The Balaban J connectivity index is 2.25. The molecule has 0 radical (unpaired) electrons. The number of aliphatic hydroxyl groups is 1. The summed E-state index contributed by atoms with van der Waals surface area (Å²) in [6, 6.07) is 10.2. The van der Waals surface area contributed by atoms with E-state index in [1.807, 2.05) is 13.0 Å². The molecule has 2 aromatic carbocycles. The fraction of sp³-hybridized carbons (Fsp3) is 0.200. The van der Waals surface area contributed by atoms with Gasteiger partial charge in [0, 0.05) is 15.9 Å². The van der Waals surface area contributed by atoms with Crippen LogP contribution in [0.25, 0.3) is 0 Å². The third kappa shape index (κ3) is 3.56. The van der Waals surface area contributed by atoms with Crippen LogP contribution in [0.4, 0.5) is 4.39 Å². The molecule has 0 saturated carbocycles. The maximum absolute atomic E-state index is 13.7. The number of hydrogen-bond acceptors (Lipinski definition) is 1. The van der Waals surface area contributed by atoms with Crippen molar-refractivity contribution in [1.82, 2.24) is 0 Å². The molecule has 1 nitrogen and oxygen atoms in total. The van der Waals surface area contributed by atoms with Crippen molar-refractivity contribution in [2.24, 2.45) is 0 Å². The fourth-order valence-electron chi connectivity index (χ4n) is 1.98. The van der Waals surface area contributed by atoms with E-state index in [-0.39, 0.29) is 12.2 Å². The second-order valence-corrected chi connectivity index (χ2v) is 5.81. The average molecular weight is 344 g/mol. The number of aliphatic hydroxyl groups excluding tert-OH is 1. The molecule has 0 spiro atoms. The molecular weight excluding hydrogens is 331 g/mol. The second-order valence-electron chi connectivity index (χ2n) is 4.46. The second kappa shape index (κ2) is 6.04. The summed E-state index contributed by atoms with van der Waals surface area (Å²) in [4.78, 5) is 0. The molecule has 0 fully saturated rings. The lowest BCUT2D eigenvalue weighted by Crippen LogP contribution is -2.05. The standard InChI is InChI=1S/C15H13BrClFO/c1-9-2-5-12(17)8-13(9)15(19)6-10-3-4-11(16)7-14(10)18/h2-5,7-8,15,19H,6H2,1H3. The molecule has 100 valence electrons. The van der Waals surface area contributed by atoms with E-state index in [1.165, 1.54) is 6.07 Å². The van der Waals surface area contributed by atoms with Gasteiger partial charge in [0.1, 0.15) is 5.82 Å².